The van der Waals surface area contributed by atoms with Gasteiger partial charge in [-0.3, -0.25) is 9.11 Å². The Hall–Kier alpha value is -0.290. The molecule has 15 heavy (non-hydrogen) atoms. The van der Waals surface area contributed by atoms with Crippen molar-refractivity contribution in [2.24, 2.45) is 0 Å². The number of hydrogen-bond donors (Lipinski definition) is 4. The second-order valence-corrected chi connectivity index (χ2v) is 3.02. The van der Waals surface area contributed by atoms with E-state index in [2.05, 4.69) is 0 Å². The van der Waals surface area contributed by atoms with Crippen molar-refractivity contribution in [2.75, 3.05) is 39.6 Å². The van der Waals surface area contributed by atoms with Gasteiger partial charge in [-0.1, -0.05) is 0 Å². The van der Waals surface area contributed by atoms with Crippen LogP contribution in [0.3, 0.4) is 0 Å². The summed E-state index contributed by atoms with van der Waals surface area (Å²) >= 11 is 0. The minimum Gasteiger partial charge on any atom is -0.394 e. The molecular formula is C6H16O8S. The lowest BCUT2D eigenvalue weighted by Crippen LogP contribution is -2.09. The molecule has 0 aliphatic heterocycles. The van der Waals surface area contributed by atoms with Gasteiger partial charge in [-0.05, 0) is 0 Å². The predicted octanol–water partition coefficient (Wildman–Crippen LogP) is -1.65. The Bertz CT molecular complexity index is 185. The van der Waals surface area contributed by atoms with Crippen LogP contribution in [0, 0.1) is 0 Å². The quantitative estimate of drug-likeness (QED) is 0.311. The summed E-state index contributed by atoms with van der Waals surface area (Å²) in [5, 5.41) is 16.5. The first kappa shape index (κ1) is 17.1. The molecule has 0 fully saturated rings. The van der Waals surface area contributed by atoms with Crippen LogP contribution < -0.4 is 0 Å². The zero-order chi connectivity index (χ0) is 12.2. The van der Waals surface area contributed by atoms with Crippen molar-refractivity contribution in [3.05, 3.63) is 0 Å². The van der Waals surface area contributed by atoms with Gasteiger partial charge in [-0.15, -0.1) is 0 Å². The molecule has 4 N–H and O–H groups in total. The average Bonchev–Trinajstić information content (AvgIpc) is 2.08. The lowest BCUT2D eigenvalue weighted by Gasteiger charge is -2.01. The van der Waals surface area contributed by atoms with Crippen molar-refractivity contribution in [2.45, 2.75) is 0 Å². The van der Waals surface area contributed by atoms with Gasteiger partial charge < -0.3 is 19.7 Å². The van der Waals surface area contributed by atoms with Gasteiger partial charge in [0, 0.05) is 0 Å². The van der Waals surface area contributed by atoms with Gasteiger partial charge in [0.2, 0.25) is 0 Å². The van der Waals surface area contributed by atoms with Gasteiger partial charge in [0.1, 0.15) is 0 Å². The number of aliphatic hydroxyl groups is 2. The summed E-state index contributed by atoms with van der Waals surface area (Å²) in [5.74, 6) is 0. The Morgan fingerprint density at radius 2 is 1.07 bits per heavy atom. The monoisotopic (exact) mass is 248 g/mol. The van der Waals surface area contributed by atoms with Crippen molar-refractivity contribution in [3.8, 4) is 0 Å². The van der Waals surface area contributed by atoms with Crippen LogP contribution in [0.15, 0.2) is 0 Å². The van der Waals surface area contributed by atoms with Crippen molar-refractivity contribution in [1.29, 1.82) is 0 Å². The average molecular weight is 248 g/mol. The Kier molecular flexibility index (Phi) is 13.4. The smallest absolute Gasteiger partial charge is 0.394 e. The third kappa shape index (κ3) is 41.8. The summed E-state index contributed by atoms with van der Waals surface area (Å²) in [6, 6.07) is 0. The first-order chi connectivity index (χ1) is 6.91. The SMILES string of the molecule is O=S(=O)(O)O.OCCOCCOCCO. The molecule has 8 nitrogen and oxygen atoms in total. The molecule has 0 saturated heterocycles. The first-order valence-corrected chi connectivity index (χ1v) is 5.38. The Morgan fingerprint density at radius 3 is 1.27 bits per heavy atom. The maximum Gasteiger partial charge on any atom is 0.394 e. The maximum absolute atomic E-state index is 8.74. The molecule has 0 unspecified atom stereocenters. The predicted molar refractivity (Wildman–Crippen MR) is 50.0 cm³/mol. The van der Waals surface area contributed by atoms with Crippen LogP contribution in [-0.2, 0) is 19.9 Å². The zero-order valence-corrected chi connectivity index (χ0v) is 8.89. The van der Waals surface area contributed by atoms with Gasteiger partial charge in [0.25, 0.3) is 0 Å². The molecule has 0 aromatic carbocycles. The number of ether oxygens (including phenoxy) is 2. The topological polar surface area (TPSA) is 134 Å². The summed E-state index contributed by atoms with van der Waals surface area (Å²) in [7, 11) is -4.67. The van der Waals surface area contributed by atoms with Crippen LogP contribution in [0.25, 0.3) is 0 Å². The number of rotatable bonds is 7. The minimum atomic E-state index is -4.67. The molecule has 0 aliphatic carbocycles. The third-order valence-corrected chi connectivity index (χ3v) is 0.843. The van der Waals surface area contributed by atoms with E-state index >= 15 is 0 Å². The molecule has 0 spiro atoms. The molecule has 0 saturated carbocycles. The third-order valence-electron chi connectivity index (χ3n) is 0.843. The molecule has 0 amide bonds. The lowest BCUT2D eigenvalue weighted by molar-refractivity contribution is 0.0222. The highest BCUT2D eigenvalue weighted by Crippen LogP contribution is 1.76. The lowest BCUT2D eigenvalue weighted by atomic mass is 10.7. The van der Waals surface area contributed by atoms with Gasteiger partial charge >= 0.3 is 10.4 Å². The van der Waals surface area contributed by atoms with Crippen LogP contribution in [-0.4, -0.2) is 67.4 Å². The van der Waals surface area contributed by atoms with Crippen LogP contribution in [0.4, 0.5) is 0 Å². The first-order valence-electron chi connectivity index (χ1n) is 3.99. The second kappa shape index (κ2) is 11.8. The van der Waals surface area contributed by atoms with E-state index in [-0.39, 0.29) is 13.2 Å². The van der Waals surface area contributed by atoms with Gasteiger partial charge in [0.15, 0.2) is 0 Å². The van der Waals surface area contributed by atoms with Crippen molar-refractivity contribution in [3.63, 3.8) is 0 Å². The van der Waals surface area contributed by atoms with Crippen molar-refractivity contribution < 1.29 is 37.2 Å². The molecule has 0 heterocycles. The standard InChI is InChI=1S/C6H14O4.H2O4S/c7-1-3-9-5-6-10-4-2-8;1-5(2,3)4/h7-8H,1-6H2;(H2,1,2,3,4). The Morgan fingerprint density at radius 1 is 0.800 bits per heavy atom. The largest absolute Gasteiger partial charge is 0.394 e. The normalized spacial score (nSPS) is 10.7. The van der Waals surface area contributed by atoms with E-state index in [9.17, 15) is 0 Å². The van der Waals surface area contributed by atoms with Crippen molar-refractivity contribution >= 4 is 10.4 Å². The molecule has 0 radical (unpaired) electrons. The molecule has 0 atom stereocenters. The fourth-order valence-corrected chi connectivity index (χ4v) is 0.451. The molecule has 0 bridgehead atoms. The second-order valence-electron chi connectivity index (χ2n) is 2.12. The van der Waals surface area contributed by atoms with Crippen LogP contribution in [0.5, 0.6) is 0 Å². The molecule has 9 heteroatoms. The van der Waals surface area contributed by atoms with Gasteiger partial charge in [-0.25, -0.2) is 0 Å². The molecule has 0 rings (SSSR count). The zero-order valence-electron chi connectivity index (χ0n) is 8.07. The van der Waals surface area contributed by atoms with Crippen LogP contribution >= 0.6 is 0 Å². The van der Waals surface area contributed by atoms with Crippen LogP contribution in [0.1, 0.15) is 0 Å². The van der Waals surface area contributed by atoms with E-state index in [1.165, 1.54) is 0 Å². The van der Waals surface area contributed by atoms with Crippen molar-refractivity contribution in [1.82, 2.24) is 0 Å². The minimum absolute atomic E-state index is 0.0417. The van der Waals surface area contributed by atoms with E-state index < -0.39 is 10.4 Å². The van der Waals surface area contributed by atoms with E-state index in [1.54, 1.807) is 0 Å². The fourth-order valence-electron chi connectivity index (χ4n) is 0.451. The van der Waals surface area contributed by atoms with Gasteiger partial charge in [0.05, 0.1) is 39.6 Å². The van der Waals surface area contributed by atoms with E-state index in [0.29, 0.717) is 26.4 Å². The molecule has 0 aromatic rings. The summed E-state index contributed by atoms with van der Waals surface area (Å²) in [4.78, 5) is 0. The highest BCUT2D eigenvalue weighted by molar-refractivity contribution is 7.79. The van der Waals surface area contributed by atoms with E-state index in [1.807, 2.05) is 0 Å². The Labute approximate surface area is 88.0 Å². The highest BCUT2D eigenvalue weighted by atomic mass is 32.3. The van der Waals surface area contributed by atoms with Crippen LogP contribution in [0.2, 0.25) is 0 Å². The summed E-state index contributed by atoms with van der Waals surface area (Å²) in [5.41, 5.74) is 0. The molecule has 94 valence electrons. The molecule has 0 aliphatic rings. The Balaban J connectivity index is 0. The number of hydrogen-bond acceptors (Lipinski definition) is 6. The summed E-state index contributed by atoms with van der Waals surface area (Å²) < 4.78 is 41.3. The fraction of sp³-hybridized carbons (Fsp3) is 1.00. The highest BCUT2D eigenvalue weighted by Gasteiger charge is 1.86. The van der Waals surface area contributed by atoms with E-state index in [4.69, 9.17) is 37.2 Å². The summed E-state index contributed by atoms with van der Waals surface area (Å²) in [6.07, 6.45) is 0. The molecule has 0 aromatic heterocycles. The summed E-state index contributed by atoms with van der Waals surface area (Å²) in [6.45, 7) is 1.73. The molecular weight excluding hydrogens is 232 g/mol. The maximum atomic E-state index is 8.74. The van der Waals surface area contributed by atoms with E-state index in [0.717, 1.165) is 0 Å². The number of aliphatic hydroxyl groups excluding tert-OH is 2. The van der Waals surface area contributed by atoms with Gasteiger partial charge in [-0.2, -0.15) is 8.42 Å².